The number of alkyl halides is 2. The van der Waals surface area contributed by atoms with Gasteiger partial charge in [-0.3, -0.25) is 9.59 Å². The Bertz CT molecular complexity index is 330. The van der Waals surface area contributed by atoms with Crippen molar-refractivity contribution in [2.75, 3.05) is 25.0 Å². The van der Waals surface area contributed by atoms with Crippen molar-refractivity contribution in [1.29, 1.82) is 0 Å². The molecule has 0 amide bonds. The molecule has 0 aliphatic carbocycles. The number of rotatable bonds is 16. The molecule has 24 heavy (non-hydrogen) atoms. The third-order valence-electron chi connectivity index (χ3n) is 3.53. The number of halogens is 2. The predicted octanol–water partition coefficient (Wildman–Crippen LogP) is 3.78. The summed E-state index contributed by atoms with van der Waals surface area (Å²) in [6, 6.07) is -0.774. The van der Waals surface area contributed by atoms with Gasteiger partial charge in [0.25, 0.3) is 0 Å². The van der Waals surface area contributed by atoms with Gasteiger partial charge in [-0.05, 0) is 32.1 Å². The molecule has 0 aromatic rings. The fourth-order valence-corrected chi connectivity index (χ4v) is 2.41. The molecule has 0 radical (unpaired) electrons. The summed E-state index contributed by atoms with van der Waals surface area (Å²) in [6.45, 7) is 0.769. The second-order valence-electron chi connectivity index (χ2n) is 5.74. The number of hydrogen-bond donors (Lipinski definition) is 1. The van der Waals surface area contributed by atoms with Gasteiger partial charge in [-0.1, -0.05) is 25.7 Å². The first kappa shape index (κ1) is 23.5. The molecule has 0 rings (SSSR count). The van der Waals surface area contributed by atoms with Crippen molar-refractivity contribution in [2.24, 2.45) is 5.73 Å². The molecule has 5 nitrogen and oxygen atoms in total. The molecule has 0 saturated heterocycles. The summed E-state index contributed by atoms with van der Waals surface area (Å²) in [5, 5.41) is 0. The van der Waals surface area contributed by atoms with E-state index in [0.717, 1.165) is 51.4 Å². The average molecular weight is 384 g/mol. The maximum absolute atomic E-state index is 11.7. The first-order valence-electron chi connectivity index (χ1n) is 8.81. The van der Waals surface area contributed by atoms with Gasteiger partial charge in [-0.2, -0.15) is 0 Å². The zero-order chi connectivity index (χ0) is 18.0. The van der Waals surface area contributed by atoms with Crippen molar-refractivity contribution in [2.45, 2.75) is 70.3 Å². The van der Waals surface area contributed by atoms with Crippen LogP contribution in [0.3, 0.4) is 0 Å². The maximum Gasteiger partial charge on any atom is 0.322 e. The summed E-state index contributed by atoms with van der Waals surface area (Å²) in [4.78, 5) is 23.2. The number of carbonyl (C=O) groups excluding carboxylic acids is 2. The van der Waals surface area contributed by atoms with Gasteiger partial charge in [0.1, 0.15) is 6.04 Å². The summed E-state index contributed by atoms with van der Waals surface area (Å²) in [5.41, 5.74) is 5.73. The molecule has 0 aromatic heterocycles. The highest BCUT2D eigenvalue weighted by Crippen LogP contribution is 2.05. The zero-order valence-corrected chi connectivity index (χ0v) is 16.0. The molecule has 0 unspecified atom stereocenters. The van der Waals surface area contributed by atoms with Gasteiger partial charge in [0.15, 0.2) is 0 Å². The average Bonchev–Trinajstić information content (AvgIpc) is 2.58. The molecule has 0 aromatic carbocycles. The van der Waals surface area contributed by atoms with Crippen LogP contribution < -0.4 is 5.73 Å². The summed E-state index contributed by atoms with van der Waals surface area (Å²) in [5.74, 6) is 0.549. The van der Waals surface area contributed by atoms with Crippen LogP contribution in [0, 0.1) is 0 Å². The molecule has 2 N–H and O–H groups in total. The lowest BCUT2D eigenvalue weighted by molar-refractivity contribution is -0.146. The number of unbranched alkanes of at least 4 members (excludes halogenated alkanes) is 6. The van der Waals surface area contributed by atoms with Crippen LogP contribution in [0.2, 0.25) is 0 Å². The molecular weight excluding hydrogens is 353 g/mol. The van der Waals surface area contributed by atoms with Crippen molar-refractivity contribution in [3.8, 4) is 0 Å². The summed E-state index contributed by atoms with van der Waals surface area (Å²) < 4.78 is 10.2. The number of esters is 2. The lowest BCUT2D eigenvalue weighted by atomic mass is 10.1. The molecule has 0 aliphatic rings. The van der Waals surface area contributed by atoms with Gasteiger partial charge >= 0.3 is 11.9 Å². The van der Waals surface area contributed by atoms with Crippen LogP contribution in [-0.2, 0) is 19.1 Å². The van der Waals surface area contributed by atoms with Crippen LogP contribution in [-0.4, -0.2) is 43.0 Å². The fourth-order valence-electron chi connectivity index (χ4n) is 2.03. The molecule has 142 valence electrons. The summed E-state index contributed by atoms with van der Waals surface area (Å²) in [7, 11) is 0. The number of nitrogens with two attached hydrogens (primary N) is 1. The van der Waals surface area contributed by atoms with E-state index in [0.29, 0.717) is 25.0 Å². The molecule has 0 aliphatic heterocycles. The Hall–Kier alpha value is -0.520. The maximum atomic E-state index is 11.7. The lowest BCUT2D eigenvalue weighted by Crippen LogP contribution is -2.33. The van der Waals surface area contributed by atoms with Crippen molar-refractivity contribution < 1.29 is 19.1 Å². The van der Waals surface area contributed by atoms with Crippen LogP contribution in [0.4, 0.5) is 0 Å². The first-order valence-corrected chi connectivity index (χ1v) is 9.88. The minimum absolute atomic E-state index is 0.133. The molecule has 0 saturated carbocycles. The molecule has 0 heterocycles. The van der Waals surface area contributed by atoms with Gasteiger partial charge in [-0.15, -0.1) is 23.2 Å². The fraction of sp³-hybridized carbons (Fsp3) is 0.882. The Morgan fingerprint density at radius 3 is 1.83 bits per heavy atom. The van der Waals surface area contributed by atoms with Crippen molar-refractivity contribution in [3.05, 3.63) is 0 Å². The minimum Gasteiger partial charge on any atom is -0.466 e. The zero-order valence-electron chi connectivity index (χ0n) is 14.4. The van der Waals surface area contributed by atoms with E-state index in [-0.39, 0.29) is 18.8 Å². The van der Waals surface area contributed by atoms with Crippen LogP contribution in [0.5, 0.6) is 0 Å². The largest absolute Gasteiger partial charge is 0.466 e. The Labute approximate surface area is 155 Å². The van der Waals surface area contributed by atoms with E-state index in [9.17, 15) is 9.59 Å². The Kier molecular flexibility index (Phi) is 16.9. The number of ether oxygens (including phenoxy) is 2. The second kappa shape index (κ2) is 17.3. The highest BCUT2D eigenvalue weighted by molar-refractivity contribution is 6.18. The normalized spacial score (nSPS) is 12.0. The first-order chi connectivity index (χ1) is 11.6. The molecule has 1 atom stereocenters. The predicted molar refractivity (Wildman–Crippen MR) is 97.5 cm³/mol. The Morgan fingerprint density at radius 1 is 0.792 bits per heavy atom. The standard InChI is InChI=1S/C17H31Cl2NO4/c18-11-5-1-3-7-13-23-16(21)10-9-15(20)17(22)24-14-8-4-2-6-12-19/h15H,1-14,20H2/t15-/m0/s1. The molecule has 7 heteroatoms. The van der Waals surface area contributed by atoms with Gasteiger partial charge in [-0.25, -0.2) is 0 Å². The van der Waals surface area contributed by atoms with E-state index in [1.807, 2.05) is 0 Å². The van der Waals surface area contributed by atoms with Gasteiger partial charge in [0, 0.05) is 18.2 Å². The third-order valence-corrected chi connectivity index (χ3v) is 4.06. The van der Waals surface area contributed by atoms with E-state index in [4.69, 9.17) is 38.4 Å². The van der Waals surface area contributed by atoms with Crippen LogP contribution in [0.1, 0.15) is 64.2 Å². The highest BCUT2D eigenvalue weighted by Gasteiger charge is 2.16. The Morgan fingerprint density at radius 2 is 1.29 bits per heavy atom. The molecule has 0 spiro atoms. The summed E-state index contributed by atoms with van der Waals surface area (Å²) >= 11 is 11.2. The lowest BCUT2D eigenvalue weighted by Gasteiger charge is -2.11. The van der Waals surface area contributed by atoms with Crippen LogP contribution >= 0.6 is 23.2 Å². The van der Waals surface area contributed by atoms with E-state index < -0.39 is 12.0 Å². The van der Waals surface area contributed by atoms with Gasteiger partial charge < -0.3 is 15.2 Å². The van der Waals surface area contributed by atoms with E-state index in [2.05, 4.69) is 0 Å². The topological polar surface area (TPSA) is 78.6 Å². The van der Waals surface area contributed by atoms with Crippen LogP contribution in [0.25, 0.3) is 0 Å². The SMILES string of the molecule is N[C@@H](CCC(=O)OCCCCCCCl)C(=O)OCCCCCCCl. The number of carbonyl (C=O) groups is 2. The van der Waals surface area contributed by atoms with Crippen LogP contribution in [0.15, 0.2) is 0 Å². The molecular formula is C17H31Cl2NO4. The van der Waals surface area contributed by atoms with Gasteiger partial charge in [0.2, 0.25) is 0 Å². The summed E-state index contributed by atoms with van der Waals surface area (Å²) in [6.07, 6.45) is 8.03. The van der Waals surface area contributed by atoms with E-state index in [1.54, 1.807) is 0 Å². The quantitative estimate of drug-likeness (QED) is 0.249. The smallest absolute Gasteiger partial charge is 0.322 e. The van der Waals surface area contributed by atoms with Crippen molar-refractivity contribution >= 4 is 35.1 Å². The van der Waals surface area contributed by atoms with E-state index in [1.165, 1.54) is 0 Å². The van der Waals surface area contributed by atoms with Gasteiger partial charge in [0.05, 0.1) is 13.2 Å². The monoisotopic (exact) mass is 383 g/mol. The highest BCUT2D eigenvalue weighted by atomic mass is 35.5. The van der Waals surface area contributed by atoms with Crippen molar-refractivity contribution in [3.63, 3.8) is 0 Å². The second-order valence-corrected chi connectivity index (χ2v) is 6.50. The van der Waals surface area contributed by atoms with Crippen molar-refractivity contribution in [1.82, 2.24) is 0 Å². The third kappa shape index (κ3) is 15.0. The number of hydrogen-bond acceptors (Lipinski definition) is 5. The minimum atomic E-state index is -0.774. The molecule has 0 fully saturated rings. The Balaban J connectivity index is 3.55. The molecule has 0 bridgehead atoms. The van der Waals surface area contributed by atoms with E-state index >= 15 is 0 Å².